The van der Waals surface area contributed by atoms with E-state index in [9.17, 15) is 22.4 Å². The van der Waals surface area contributed by atoms with Crippen molar-refractivity contribution in [2.75, 3.05) is 51.3 Å². The summed E-state index contributed by atoms with van der Waals surface area (Å²) in [6, 6.07) is 12.6. The first kappa shape index (κ1) is 26.4. The first-order chi connectivity index (χ1) is 17.2. The number of alkyl halides is 3. The standard InChI is InChI=1S/C27H33F4N3O2/c1-36-26(35)10-9-21-19-32(18-20-5-4-6-22(17-20)27(29,30)31)12-11-24(21)33-13-15-34(16-14-33)25-8-3-2-7-23(25)28/h2-8,17,21,24H,9-16,18-19H2,1H3/t21-,24+/m0/s1. The van der Waals surface area contributed by atoms with Crippen LogP contribution in [0.2, 0.25) is 0 Å². The van der Waals surface area contributed by atoms with Crippen LogP contribution in [0.1, 0.15) is 30.4 Å². The number of para-hydroxylation sites is 1. The van der Waals surface area contributed by atoms with Crippen molar-refractivity contribution in [3.8, 4) is 0 Å². The highest BCUT2D eigenvalue weighted by atomic mass is 19.4. The Morgan fingerprint density at radius 2 is 1.78 bits per heavy atom. The predicted octanol–water partition coefficient (Wildman–Crippen LogP) is 4.81. The number of anilines is 1. The number of methoxy groups -OCH3 is 1. The van der Waals surface area contributed by atoms with Crippen molar-refractivity contribution in [1.29, 1.82) is 0 Å². The lowest BCUT2D eigenvalue weighted by Crippen LogP contribution is -2.56. The van der Waals surface area contributed by atoms with Crippen LogP contribution in [-0.2, 0) is 22.3 Å². The van der Waals surface area contributed by atoms with Gasteiger partial charge in [0.15, 0.2) is 0 Å². The highest BCUT2D eigenvalue weighted by Crippen LogP contribution is 2.32. The fourth-order valence-electron chi connectivity index (χ4n) is 5.52. The van der Waals surface area contributed by atoms with Gasteiger partial charge in [-0.25, -0.2) is 4.39 Å². The van der Waals surface area contributed by atoms with Crippen LogP contribution in [-0.4, -0.2) is 68.2 Å². The number of hydrogen-bond acceptors (Lipinski definition) is 5. The molecule has 0 bridgehead atoms. The van der Waals surface area contributed by atoms with E-state index in [4.69, 9.17) is 4.74 Å². The molecule has 0 unspecified atom stereocenters. The van der Waals surface area contributed by atoms with Crippen molar-refractivity contribution in [3.63, 3.8) is 0 Å². The summed E-state index contributed by atoms with van der Waals surface area (Å²) in [7, 11) is 1.38. The Morgan fingerprint density at radius 1 is 1.03 bits per heavy atom. The van der Waals surface area contributed by atoms with Gasteiger partial charge in [0.2, 0.25) is 0 Å². The zero-order valence-corrected chi connectivity index (χ0v) is 20.5. The maximum Gasteiger partial charge on any atom is 0.416 e. The molecule has 0 N–H and O–H groups in total. The molecule has 0 radical (unpaired) electrons. The molecule has 2 aliphatic heterocycles. The Morgan fingerprint density at radius 3 is 2.47 bits per heavy atom. The molecule has 36 heavy (non-hydrogen) atoms. The van der Waals surface area contributed by atoms with Gasteiger partial charge in [-0.1, -0.05) is 30.3 Å². The second-order valence-electron chi connectivity index (χ2n) is 9.64. The molecule has 5 nitrogen and oxygen atoms in total. The lowest BCUT2D eigenvalue weighted by Gasteiger charge is -2.47. The van der Waals surface area contributed by atoms with E-state index >= 15 is 0 Å². The average molecular weight is 508 g/mol. The Bertz CT molecular complexity index is 1020. The van der Waals surface area contributed by atoms with Crippen molar-refractivity contribution in [3.05, 3.63) is 65.5 Å². The molecule has 196 valence electrons. The molecule has 2 fully saturated rings. The number of hydrogen-bond donors (Lipinski definition) is 0. The minimum Gasteiger partial charge on any atom is -0.469 e. The number of carbonyl (C=O) groups excluding carboxylic acids is 1. The molecule has 2 aromatic rings. The van der Waals surface area contributed by atoms with Gasteiger partial charge in [0.25, 0.3) is 0 Å². The first-order valence-electron chi connectivity index (χ1n) is 12.4. The van der Waals surface area contributed by atoms with E-state index in [0.717, 1.165) is 45.2 Å². The Balaban J connectivity index is 1.41. The van der Waals surface area contributed by atoms with Gasteiger partial charge < -0.3 is 9.64 Å². The normalized spacial score (nSPS) is 22.0. The second kappa shape index (κ2) is 11.6. The third-order valence-corrected chi connectivity index (χ3v) is 7.36. The largest absolute Gasteiger partial charge is 0.469 e. The number of nitrogens with zero attached hydrogens (tertiary/aromatic N) is 3. The molecule has 9 heteroatoms. The van der Waals surface area contributed by atoms with Gasteiger partial charge in [-0.15, -0.1) is 0 Å². The number of benzene rings is 2. The number of halogens is 4. The van der Waals surface area contributed by atoms with E-state index in [0.29, 0.717) is 37.2 Å². The van der Waals surface area contributed by atoms with Gasteiger partial charge >= 0.3 is 12.1 Å². The van der Waals surface area contributed by atoms with Crippen molar-refractivity contribution >= 4 is 11.7 Å². The number of piperidine rings is 1. The number of piperazine rings is 1. The zero-order valence-electron chi connectivity index (χ0n) is 20.5. The quantitative estimate of drug-likeness (QED) is 0.397. The average Bonchev–Trinajstić information content (AvgIpc) is 2.87. The Labute approximate surface area is 209 Å². The molecule has 2 heterocycles. The van der Waals surface area contributed by atoms with Crippen LogP contribution >= 0.6 is 0 Å². The van der Waals surface area contributed by atoms with Gasteiger partial charge in [-0.05, 0) is 49.1 Å². The SMILES string of the molecule is COC(=O)CC[C@H]1CN(Cc2cccc(C(F)(F)F)c2)CC[C@H]1N1CCN(c2ccccc2F)CC1. The summed E-state index contributed by atoms with van der Waals surface area (Å²) in [6.07, 6.45) is -2.53. The number of rotatable bonds is 7. The van der Waals surface area contributed by atoms with E-state index in [1.807, 2.05) is 6.07 Å². The van der Waals surface area contributed by atoms with Crippen LogP contribution < -0.4 is 4.90 Å². The van der Waals surface area contributed by atoms with Crippen LogP contribution in [0.15, 0.2) is 48.5 Å². The highest BCUT2D eigenvalue weighted by Gasteiger charge is 2.36. The van der Waals surface area contributed by atoms with E-state index in [-0.39, 0.29) is 23.7 Å². The smallest absolute Gasteiger partial charge is 0.416 e. The lowest BCUT2D eigenvalue weighted by molar-refractivity contribution is -0.141. The molecule has 2 saturated heterocycles. The van der Waals surface area contributed by atoms with Crippen LogP contribution in [0, 0.1) is 11.7 Å². The molecule has 2 aliphatic rings. The van der Waals surface area contributed by atoms with E-state index in [1.54, 1.807) is 18.2 Å². The third kappa shape index (κ3) is 6.56. The highest BCUT2D eigenvalue weighted by molar-refractivity contribution is 5.69. The minimum atomic E-state index is -4.36. The van der Waals surface area contributed by atoms with Gasteiger partial charge in [0.1, 0.15) is 5.82 Å². The summed E-state index contributed by atoms with van der Waals surface area (Å²) in [5.74, 6) is -0.290. The Kier molecular flexibility index (Phi) is 8.51. The van der Waals surface area contributed by atoms with Gasteiger partial charge in [0, 0.05) is 51.7 Å². The molecule has 4 rings (SSSR count). The van der Waals surface area contributed by atoms with Gasteiger partial charge in [0.05, 0.1) is 18.4 Å². The lowest BCUT2D eigenvalue weighted by atomic mass is 9.86. The van der Waals surface area contributed by atoms with Crippen molar-refractivity contribution in [2.45, 2.75) is 38.0 Å². The van der Waals surface area contributed by atoms with Crippen LogP contribution in [0.5, 0.6) is 0 Å². The monoisotopic (exact) mass is 507 g/mol. The molecule has 0 aromatic heterocycles. The van der Waals surface area contributed by atoms with Crippen LogP contribution in [0.4, 0.5) is 23.2 Å². The maximum absolute atomic E-state index is 14.2. The van der Waals surface area contributed by atoms with Crippen molar-refractivity contribution < 1.29 is 27.1 Å². The number of carbonyl (C=O) groups is 1. The van der Waals surface area contributed by atoms with Gasteiger partial charge in [-0.2, -0.15) is 13.2 Å². The first-order valence-corrected chi connectivity index (χ1v) is 12.4. The third-order valence-electron chi connectivity index (χ3n) is 7.36. The summed E-state index contributed by atoms with van der Waals surface area (Å²) < 4.78 is 58.5. The summed E-state index contributed by atoms with van der Waals surface area (Å²) in [4.78, 5) is 18.6. The molecule has 0 amide bonds. The summed E-state index contributed by atoms with van der Waals surface area (Å²) >= 11 is 0. The summed E-state index contributed by atoms with van der Waals surface area (Å²) in [6.45, 7) is 4.92. The fraction of sp³-hybridized carbons (Fsp3) is 0.519. The maximum atomic E-state index is 14.2. The molecular formula is C27H33F4N3O2. The minimum absolute atomic E-state index is 0.184. The van der Waals surface area contributed by atoms with E-state index < -0.39 is 11.7 Å². The molecule has 2 atom stereocenters. The fourth-order valence-corrected chi connectivity index (χ4v) is 5.52. The number of ether oxygens (including phenoxy) is 1. The molecule has 2 aromatic carbocycles. The molecule has 0 spiro atoms. The number of esters is 1. The molecule has 0 saturated carbocycles. The molecular weight excluding hydrogens is 474 g/mol. The summed E-state index contributed by atoms with van der Waals surface area (Å²) in [5, 5.41) is 0. The van der Waals surface area contributed by atoms with Crippen molar-refractivity contribution in [1.82, 2.24) is 9.80 Å². The van der Waals surface area contributed by atoms with Crippen molar-refractivity contribution in [2.24, 2.45) is 5.92 Å². The molecule has 0 aliphatic carbocycles. The van der Waals surface area contributed by atoms with Crippen LogP contribution in [0.3, 0.4) is 0 Å². The van der Waals surface area contributed by atoms with Gasteiger partial charge in [-0.3, -0.25) is 14.6 Å². The van der Waals surface area contributed by atoms with E-state index in [2.05, 4.69) is 14.7 Å². The van der Waals surface area contributed by atoms with Crippen LogP contribution in [0.25, 0.3) is 0 Å². The Hall–Kier alpha value is -2.65. The number of likely N-dealkylation sites (tertiary alicyclic amines) is 1. The summed E-state index contributed by atoms with van der Waals surface area (Å²) in [5.41, 5.74) is 0.619. The predicted molar refractivity (Wildman–Crippen MR) is 130 cm³/mol. The zero-order chi connectivity index (χ0) is 25.7. The topological polar surface area (TPSA) is 36.0 Å². The van der Waals surface area contributed by atoms with E-state index in [1.165, 1.54) is 25.3 Å². The second-order valence-corrected chi connectivity index (χ2v) is 9.64.